The maximum Gasteiger partial charge on any atom is 0.0436 e. The van der Waals surface area contributed by atoms with Crippen LogP contribution in [-0.4, -0.2) is 11.7 Å². The largest absolute Gasteiger partial charge is 0.396 e. The van der Waals surface area contributed by atoms with Crippen LogP contribution in [0.4, 0.5) is 0 Å². The van der Waals surface area contributed by atoms with Crippen LogP contribution in [0.1, 0.15) is 66.2 Å². The van der Waals surface area contributed by atoms with Gasteiger partial charge in [0.1, 0.15) is 0 Å². The maximum atomic E-state index is 9.12. The van der Waals surface area contributed by atoms with Crippen LogP contribution in [0, 0.1) is 28.6 Å². The minimum atomic E-state index is 0.128. The van der Waals surface area contributed by atoms with Crippen molar-refractivity contribution in [3.8, 4) is 11.8 Å². The van der Waals surface area contributed by atoms with E-state index in [9.17, 15) is 0 Å². The van der Waals surface area contributed by atoms with Crippen LogP contribution in [0.5, 0.6) is 0 Å². The van der Waals surface area contributed by atoms with Crippen LogP contribution >= 0.6 is 0 Å². The molecule has 17 heavy (non-hydrogen) atoms. The summed E-state index contributed by atoms with van der Waals surface area (Å²) < 4.78 is 0. The van der Waals surface area contributed by atoms with Crippen molar-refractivity contribution in [2.45, 2.75) is 66.2 Å². The molecule has 0 aromatic carbocycles. The predicted octanol–water partition coefficient (Wildman–Crippen LogP) is 4.00. The molecule has 1 rings (SSSR count). The molecule has 0 saturated heterocycles. The van der Waals surface area contributed by atoms with E-state index in [1.807, 2.05) is 0 Å². The molecular formula is C16H28O. The number of rotatable bonds is 3. The Morgan fingerprint density at radius 1 is 1.35 bits per heavy atom. The van der Waals surface area contributed by atoms with Crippen molar-refractivity contribution in [3.63, 3.8) is 0 Å². The second-order valence-electron chi connectivity index (χ2n) is 7.00. The van der Waals surface area contributed by atoms with E-state index in [1.165, 1.54) is 25.7 Å². The highest BCUT2D eigenvalue weighted by Crippen LogP contribution is 2.42. The van der Waals surface area contributed by atoms with Gasteiger partial charge in [0.05, 0.1) is 0 Å². The average molecular weight is 236 g/mol. The summed E-state index contributed by atoms with van der Waals surface area (Å²) >= 11 is 0. The lowest BCUT2D eigenvalue weighted by atomic mass is 9.68. The van der Waals surface area contributed by atoms with Gasteiger partial charge in [-0.05, 0) is 57.8 Å². The third-order valence-electron chi connectivity index (χ3n) is 3.74. The molecule has 1 saturated carbocycles. The van der Waals surface area contributed by atoms with E-state index < -0.39 is 0 Å². The SMILES string of the molecule is CC(C)(C)C#CC[C@@H]1CCCC(C)(CCO)C1. The monoisotopic (exact) mass is 236 g/mol. The minimum absolute atomic E-state index is 0.128. The average Bonchev–Trinajstić information content (AvgIpc) is 2.15. The van der Waals surface area contributed by atoms with Gasteiger partial charge in [-0.15, -0.1) is 5.92 Å². The predicted molar refractivity (Wildman–Crippen MR) is 73.6 cm³/mol. The molecule has 1 heteroatoms. The molecule has 2 atom stereocenters. The molecule has 1 fully saturated rings. The lowest BCUT2D eigenvalue weighted by Crippen LogP contribution is -2.26. The van der Waals surface area contributed by atoms with Crippen molar-refractivity contribution >= 4 is 0 Å². The van der Waals surface area contributed by atoms with Gasteiger partial charge in [-0.2, -0.15) is 0 Å². The standard InChI is InChI=1S/C16H28O/c1-15(2,3)9-5-7-14-8-6-10-16(4,13-14)11-12-17/h14,17H,6-8,10-13H2,1-4H3/t14-,16?/m1/s1. The Bertz CT molecular complexity index is 285. The fourth-order valence-corrected chi connectivity index (χ4v) is 2.85. The van der Waals surface area contributed by atoms with Crippen molar-refractivity contribution < 1.29 is 5.11 Å². The highest BCUT2D eigenvalue weighted by Gasteiger charge is 2.31. The van der Waals surface area contributed by atoms with Gasteiger partial charge in [0.25, 0.3) is 0 Å². The summed E-state index contributed by atoms with van der Waals surface area (Å²) in [6.07, 6.45) is 7.13. The van der Waals surface area contributed by atoms with Gasteiger partial charge >= 0.3 is 0 Å². The first kappa shape index (κ1) is 14.6. The lowest BCUT2D eigenvalue weighted by molar-refractivity contribution is 0.116. The fraction of sp³-hybridized carbons (Fsp3) is 0.875. The summed E-state index contributed by atoms with van der Waals surface area (Å²) in [5.74, 6) is 7.44. The second kappa shape index (κ2) is 5.91. The summed E-state index contributed by atoms with van der Waals surface area (Å²) in [6.45, 7) is 9.15. The first-order valence-electron chi connectivity index (χ1n) is 6.96. The van der Waals surface area contributed by atoms with Gasteiger partial charge in [0, 0.05) is 18.4 Å². The molecule has 1 aliphatic carbocycles. The van der Waals surface area contributed by atoms with E-state index in [2.05, 4.69) is 39.5 Å². The molecule has 1 aliphatic rings. The molecule has 98 valence electrons. The third kappa shape index (κ3) is 5.59. The van der Waals surface area contributed by atoms with Crippen LogP contribution in [0.2, 0.25) is 0 Å². The highest BCUT2D eigenvalue weighted by atomic mass is 16.3. The number of aliphatic hydroxyl groups excluding tert-OH is 1. The first-order valence-corrected chi connectivity index (χ1v) is 6.96. The van der Waals surface area contributed by atoms with Gasteiger partial charge in [-0.3, -0.25) is 0 Å². The zero-order valence-corrected chi connectivity index (χ0v) is 12.0. The number of hydrogen-bond donors (Lipinski definition) is 1. The zero-order chi connectivity index (χ0) is 12.9. The zero-order valence-electron chi connectivity index (χ0n) is 12.0. The van der Waals surface area contributed by atoms with E-state index in [1.54, 1.807) is 0 Å². The molecule has 0 amide bonds. The van der Waals surface area contributed by atoms with E-state index in [0.29, 0.717) is 12.0 Å². The molecule has 0 heterocycles. The molecule has 1 unspecified atom stereocenters. The molecule has 0 aromatic rings. The van der Waals surface area contributed by atoms with Crippen molar-refractivity contribution in [2.24, 2.45) is 16.7 Å². The first-order chi connectivity index (χ1) is 7.85. The smallest absolute Gasteiger partial charge is 0.0436 e. The fourth-order valence-electron chi connectivity index (χ4n) is 2.85. The van der Waals surface area contributed by atoms with Crippen LogP contribution in [0.15, 0.2) is 0 Å². The van der Waals surface area contributed by atoms with Crippen LogP contribution < -0.4 is 0 Å². The summed E-state index contributed by atoms with van der Waals surface area (Å²) in [5, 5.41) is 9.12. The molecular weight excluding hydrogens is 208 g/mol. The number of hydrogen-bond acceptors (Lipinski definition) is 1. The molecule has 0 radical (unpaired) electrons. The molecule has 1 nitrogen and oxygen atoms in total. The van der Waals surface area contributed by atoms with Gasteiger partial charge in [0.2, 0.25) is 0 Å². The molecule has 0 spiro atoms. The molecule has 1 N–H and O–H groups in total. The van der Waals surface area contributed by atoms with Gasteiger partial charge in [-0.1, -0.05) is 19.3 Å². The number of aliphatic hydroxyl groups is 1. The van der Waals surface area contributed by atoms with E-state index in [0.717, 1.165) is 18.8 Å². The summed E-state index contributed by atoms with van der Waals surface area (Å²) in [5.41, 5.74) is 0.490. The van der Waals surface area contributed by atoms with E-state index >= 15 is 0 Å². The van der Waals surface area contributed by atoms with E-state index in [-0.39, 0.29) is 5.41 Å². The Hall–Kier alpha value is -0.480. The maximum absolute atomic E-state index is 9.12. The second-order valence-corrected chi connectivity index (χ2v) is 7.00. The van der Waals surface area contributed by atoms with Crippen molar-refractivity contribution in [1.29, 1.82) is 0 Å². The molecule has 0 aromatic heterocycles. The summed E-state index contributed by atoms with van der Waals surface area (Å²) in [4.78, 5) is 0. The Morgan fingerprint density at radius 3 is 2.65 bits per heavy atom. The third-order valence-corrected chi connectivity index (χ3v) is 3.74. The van der Waals surface area contributed by atoms with Gasteiger partial charge in [-0.25, -0.2) is 0 Å². The highest BCUT2D eigenvalue weighted by molar-refractivity contribution is 5.08. The van der Waals surface area contributed by atoms with Crippen LogP contribution in [0.3, 0.4) is 0 Å². The normalized spacial score (nSPS) is 29.6. The molecule has 0 aliphatic heterocycles. The van der Waals surface area contributed by atoms with Crippen LogP contribution in [0.25, 0.3) is 0 Å². The Balaban J connectivity index is 2.47. The Kier molecular flexibility index (Phi) is 5.07. The van der Waals surface area contributed by atoms with Crippen LogP contribution in [-0.2, 0) is 0 Å². The van der Waals surface area contributed by atoms with Crippen molar-refractivity contribution in [3.05, 3.63) is 0 Å². The van der Waals surface area contributed by atoms with Gasteiger partial charge < -0.3 is 5.11 Å². The summed E-state index contributed by atoms with van der Waals surface area (Å²) in [6, 6.07) is 0. The molecule has 0 bridgehead atoms. The topological polar surface area (TPSA) is 20.2 Å². The minimum Gasteiger partial charge on any atom is -0.396 e. The Labute approximate surface area is 107 Å². The summed E-state index contributed by atoms with van der Waals surface area (Å²) in [7, 11) is 0. The van der Waals surface area contributed by atoms with Gasteiger partial charge in [0.15, 0.2) is 0 Å². The van der Waals surface area contributed by atoms with E-state index in [4.69, 9.17) is 5.11 Å². The lowest BCUT2D eigenvalue weighted by Gasteiger charge is -2.37. The Morgan fingerprint density at radius 2 is 2.06 bits per heavy atom. The quantitative estimate of drug-likeness (QED) is 0.734. The van der Waals surface area contributed by atoms with Crippen molar-refractivity contribution in [1.82, 2.24) is 0 Å². The van der Waals surface area contributed by atoms with Crippen molar-refractivity contribution in [2.75, 3.05) is 6.61 Å².